The molecule has 0 aliphatic carbocycles. The zero-order valence-corrected chi connectivity index (χ0v) is 17.7. The fourth-order valence-corrected chi connectivity index (χ4v) is 4.63. The van der Waals surface area contributed by atoms with Crippen LogP contribution in [0.3, 0.4) is 0 Å². The number of anilines is 2. The van der Waals surface area contributed by atoms with Gasteiger partial charge in [0.15, 0.2) is 0 Å². The highest BCUT2D eigenvalue weighted by atomic mass is 32.2. The molecular formula is C20H25N3O6S. The van der Waals surface area contributed by atoms with Gasteiger partial charge in [-0.3, -0.25) is 4.72 Å². The van der Waals surface area contributed by atoms with Crippen molar-refractivity contribution in [3.8, 4) is 11.5 Å². The molecular weight excluding hydrogens is 410 g/mol. The standard InChI is InChI=1S/C20H25N3O6S/c1-28-15-7-8-17(29-2)18(12-15)30(26,27)22-14-11-16(20(24)25)19(21-13-14)23-9-5-3-4-6-10-23/h7-8,11-13,22H,3-6,9-10H2,1-2H3,(H,24,25). The van der Waals surface area contributed by atoms with Crippen LogP contribution in [-0.2, 0) is 10.0 Å². The third kappa shape index (κ3) is 4.76. The molecule has 1 aliphatic heterocycles. The van der Waals surface area contributed by atoms with Gasteiger partial charge in [-0.2, -0.15) is 0 Å². The minimum Gasteiger partial charge on any atom is -0.497 e. The molecule has 3 rings (SSSR count). The van der Waals surface area contributed by atoms with E-state index in [4.69, 9.17) is 9.47 Å². The molecule has 1 aromatic carbocycles. The Labute approximate surface area is 175 Å². The maximum Gasteiger partial charge on any atom is 0.339 e. The number of carbonyl (C=O) groups is 1. The van der Waals surface area contributed by atoms with E-state index in [1.807, 2.05) is 4.90 Å². The number of methoxy groups -OCH3 is 2. The van der Waals surface area contributed by atoms with Crippen LogP contribution < -0.4 is 19.1 Å². The van der Waals surface area contributed by atoms with Crippen molar-refractivity contribution in [3.63, 3.8) is 0 Å². The van der Waals surface area contributed by atoms with Crippen molar-refractivity contribution in [1.29, 1.82) is 0 Å². The molecule has 2 N–H and O–H groups in total. The summed E-state index contributed by atoms with van der Waals surface area (Å²) in [6.45, 7) is 1.44. The minimum atomic E-state index is -4.08. The van der Waals surface area contributed by atoms with E-state index in [9.17, 15) is 18.3 Å². The van der Waals surface area contributed by atoms with E-state index in [1.165, 1.54) is 38.6 Å². The van der Waals surface area contributed by atoms with E-state index < -0.39 is 16.0 Å². The van der Waals surface area contributed by atoms with E-state index in [-0.39, 0.29) is 21.9 Å². The van der Waals surface area contributed by atoms with Crippen LogP contribution in [0.25, 0.3) is 0 Å². The molecule has 2 aromatic rings. The number of sulfonamides is 1. The summed E-state index contributed by atoms with van der Waals surface area (Å²) in [6.07, 6.45) is 5.45. The molecule has 0 saturated carbocycles. The maximum atomic E-state index is 12.9. The normalized spacial score (nSPS) is 14.7. The number of nitrogens with one attached hydrogen (secondary N) is 1. The van der Waals surface area contributed by atoms with Gasteiger partial charge in [0, 0.05) is 19.2 Å². The molecule has 9 nitrogen and oxygen atoms in total. The van der Waals surface area contributed by atoms with Gasteiger partial charge >= 0.3 is 5.97 Å². The van der Waals surface area contributed by atoms with Gasteiger partial charge in [-0.1, -0.05) is 12.8 Å². The van der Waals surface area contributed by atoms with Crippen LogP contribution in [0.1, 0.15) is 36.0 Å². The summed E-state index contributed by atoms with van der Waals surface area (Å²) in [5.41, 5.74) is 0.00514. The predicted octanol–water partition coefficient (Wildman–Crippen LogP) is 2.98. The first-order valence-electron chi connectivity index (χ1n) is 9.59. The predicted molar refractivity (Wildman–Crippen MR) is 112 cm³/mol. The Kier molecular flexibility index (Phi) is 6.66. The van der Waals surface area contributed by atoms with Gasteiger partial charge in [0.05, 0.1) is 26.1 Å². The van der Waals surface area contributed by atoms with Crippen LogP contribution in [-0.4, -0.2) is 51.8 Å². The number of ether oxygens (including phenoxy) is 2. The highest BCUT2D eigenvalue weighted by Crippen LogP contribution is 2.31. The Bertz CT molecular complexity index is 1020. The molecule has 0 atom stereocenters. The summed E-state index contributed by atoms with van der Waals surface area (Å²) in [4.78, 5) is 17.9. The van der Waals surface area contributed by atoms with Crippen LogP contribution in [0.5, 0.6) is 11.5 Å². The molecule has 10 heteroatoms. The Balaban J connectivity index is 1.95. The summed E-state index contributed by atoms with van der Waals surface area (Å²) in [6, 6.07) is 5.69. The van der Waals surface area contributed by atoms with E-state index in [0.29, 0.717) is 11.6 Å². The van der Waals surface area contributed by atoms with Crippen molar-refractivity contribution in [2.45, 2.75) is 30.6 Å². The van der Waals surface area contributed by atoms with E-state index in [0.717, 1.165) is 38.8 Å². The molecule has 1 saturated heterocycles. The van der Waals surface area contributed by atoms with Gasteiger partial charge in [-0.25, -0.2) is 18.2 Å². The van der Waals surface area contributed by atoms with Crippen LogP contribution in [0.4, 0.5) is 11.5 Å². The largest absolute Gasteiger partial charge is 0.497 e. The number of benzene rings is 1. The lowest BCUT2D eigenvalue weighted by molar-refractivity contribution is 0.0697. The number of hydrogen-bond acceptors (Lipinski definition) is 7. The first-order valence-corrected chi connectivity index (χ1v) is 11.1. The van der Waals surface area contributed by atoms with E-state index in [1.54, 1.807) is 6.07 Å². The lowest BCUT2D eigenvalue weighted by Crippen LogP contribution is -2.27. The fraction of sp³-hybridized carbons (Fsp3) is 0.400. The van der Waals surface area contributed by atoms with Crippen molar-refractivity contribution in [2.75, 3.05) is 36.9 Å². The summed E-state index contributed by atoms with van der Waals surface area (Å²) in [5, 5.41) is 9.68. The third-order valence-electron chi connectivity index (χ3n) is 4.92. The SMILES string of the molecule is COc1ccc(OC)c(S(=O)(=O)Nc2cnc(N3CCCCCC3)c(C(=O)O)c2)c1. The van der Waals surface area contributed by atoms with Crippen LogP contribution in [0, 0.1) is 0 Å². The summed E-state index contributed by atoms with van der Waals surface area (Å²) in [7, 11) is -1.29. The molecule has 0 spiro atoms. The highest BCUT2D eigenvalue weighted by molar-refractivity contribution is 7.92. The van der Waals surface area contributed by atoms with E-state index in [2.05, 4.69) is 9.71 Å². The van der Waals surface area contributed by atoms with Crippen LogP contribution in [0.15, 0.2) is 35.4 Å². The van der Waals surface area contributed by atoms with Crippen LogP contribution >= 0.6 is 0 Å². The highest BCUT2D eigenvalue weighted by Gasteiger charge is 2.24. The molecule has 0 unspecified atom stereocenters. The zero-order valence-electron chi connectivity index (χ0n) is 16.9. The third-order valence-corrected chi connectivity index (χ3v) is 6.32. The Morgan fingerprint density at radius 1 is 1.10 bits per heavy atom. The minimum absolute atomic E-state index is 0.0466. The maximum absolute atomic E-state index is 12.9. The molecule has 1 fully saturated rings. The summed E-state index contributed by atoms with van der Waals surface area (Å²) >= 11 is 0. The number of carboxylic acids is 1. The van der Waals surface area contributed by atoms with Crippen molar-refractivity contribution >= 4 is 27.5 Å². The topological polar surface area (TPSA) is 118 Å². The van der Waals surface area contributed by atoms with Gasteiger partial charge in [0.1, 0.15) is 27.8 Å². The number of aromatic nitrogens is 1. The van der Waals surface area contributed by atoms with Gasteiger partial charge in [-0.15, -0.1) is 0 Å². The van der Waals surface area contributed by atoms with Gasteiger partial charge < -0.3 is 19.5 Å². The number of pyridine rings is 1. The molecule has 0 radical (unpaired) electrons. The second-order valence-corrected chi connectivity index (χ2v) is 8.57. The first-order chi connectivity index (χ1) is 14.4. The number of nitrogens with zero attached hydrogens (tertiary/aromatic N) is 2. The summed E-state index contributed by atoms with van der Waals surface area (Å²) < 4.78 is 38.5. The molecule has 162 valence electrons. The van der Waals surface area contributed by atoms with Gasteiger partial charge in [0.2, 0.25) is 0 Å². The van der Waals surface area contributed by atoms with Crippen molar-refractivity contribution < 1.29 is 27.8 Å². The van der Waals surface area contributed by atoms with E-state index >= 15 is 0 Å². The molecule has 1 aromatic heterocycles. The lowest BCUT2D eigenvalue weighted by atomic mass is 10.2. The molecule has 1 aliphatic rings. The lowest BCUT2D eigenvalue weighted by Gasteiger charge is -2.23. The number of rotatable bonds is 7. The Morgan fingerprint density at radius 3 is 2.40 bits per heavy atom. The average Bonchev–Trinajstić information content (AvgIpc) is 3.02. The second kappa shape index (κ2) is 9.21. The Hall–Kier alpha value is -3.01. The average molecular weight is 436 g/mol. The smallest absolute Gasteiger partial charge is 0.339 e. The van der Waals surface area contributed by atoms with Crippen molar-refractivity contribution in [1.82, 2.24) is 4.98 Å². The molecule has 0 amide bonds. The number of aromatic carboxylic acids is 1. The summed E-state index contributed by atoms with van der Waals surface area (Å²) in [5.74, 6) is -0.332. The molecule has 0 bridgehead atoms. The quantitative estimate of drug-likeness (QED) is 0.681. The molecule has 30 heavy (non-hydrogen) atoms. The van der Waals surface area contributed by atoms with Crippen LogP contribution in [0.2, 0.25) is 0 Å². The second-order valence-electron chi connectivity index (χ2n) is 6.92. The Morgan fingerprint density at radius 2 is 1.80 bits per heavy atom. The number of carboxylic acid groups (broad SMARTS) is 1. The fourth-order valence-electron chi connectivity index (χ4n) is 3.41. The zero-order chi connectivity index (χ0) is 21.7. The van der Waals surface area contributed by atoms with Gasteiger partial charge in [-0.05, 0) is 31.0 Å². The number of hydrogen-bond donors (Lipinski definition) is 2. The monoisotopic (exact) mass is 435 g/mol. The van der Waals surface area contributed by atoms with Crippen molar-refractivity contribution in [3.05, 3.63) is 36.0 Å². The van der Waals surface area contributed by atoms with Gasteiger partial charge in [0.25, 0.3) is 10.0 Å². The first kappa shape index (κ1) is 21.7. The van der Waals surface area contributed by atoms with Crippen molar-refractivity contribution in [2.24, 2.45) is 0 Å². The molecule has 2 heterocycles.